The van der Waals surface area contributed by atoms with Crippen molar-refractivity contribution in [2.75, 3.05) is 6.61 Å². The lowest BCUT2D eigenvalue weighted by Crippen LogP contribution is -2.49. The molecule has 14 heavy (non-hydrogen) atoms. The van der Waals surface area contributed by atoms with Crippen LogP contribution in [0.25, 0.3) is 0 Å². The molecule has 0 aliphatic heterocycles. The Balaban J connectivity index is 2.65. The number of aliphatic hydroxyl groups is 1. The van der Waals surface area contributed by atoms with E-state index < -0.39 is 5.54 Å². The van der Waals surface area contributed by atoms with E-state index in [0.29, 0.717) is 6.42 Å². The van der Waals surface area contributed by atoms with Gasteiger partial charge in [-0.1, -0.05) is 6.92 Å². The van der Waals surface area contributed by atoms with Crippen molar-refractivity contribution in [2.45, 2.75) is 25.8 Å². The molecule has 1 atom stereocenters. The second kappa shape index (κ2) is 4.23. The fourth-order valence-electron chi connectivity index (χ4n) is 0.942. The van der Waals surface area contributed by atoms with E-state index in [1.807, 2.05) is 6.92 Å². The number of carbonyl (C=O) groups is 1. The Morgan fingerprint density at radius 1 is 1.71 bits per heavy atom. The summed E-state index contributed by atoms with van der Waals surface area (Å²) in [5.41, 5.74) is -0.568. The van der Waals surface area contributed by atoms with Gasteiger partial charge in [-0.3, -0.25) is 4.57 Å². The van der Waals surface area contributed by atoms with Crippen LogP contribution in [0.5, 0.6) is 0 Å². The summed E-state index contributed by atoms with van der Waals surface area (Å²) < 4.78 is 1.34. The molecule has 2 N–H and O–H groups in total. The standard InChI is InChI=1S/C9H15N3O2/c1-3-9(2,6-13)11-8(14)12-5-4-10-7-12/h4-5,7,13H,3,6H2,1-2H3,(H,11,14). The number of rotatable bonds is 3. The Morgan fingerprint density at radius 2 is 2.43 bits per heavy atom. The third kappa shape index (κ3) is 2.32. The molecule has 0 spiro atoms. The molecule has 1 aromatic heterocycles. The van der Waals surface area contributed by atoms with Crippen LogP contribution in [0.4, 0.5) is 4.79 Å². The van der Waals surface area contributed by atoms with E-state index in [1.165, 1.54) is 17.1 Å². The van der Waals surface area contributed by atoms with E-state index in [2.05, 4.69) is 10.3 Å². The molecule has 1 aromatic rings. The largest absolute Gasteiger partial charge is 0.394 e. The summed E-state index contributed by atoms with van der Waals surface area (Å²) in [4.78, 5) is 15.3. The van der Waals surface area contributed by atoms with Crippen LogP contribution in [-0.4, -0.2) is 32.8 Å². The highest BCUT2D eigenvalue weighted by atomic mass is 16.3. The lowest BCUT2D eigenvalue weighted by Gasteiger charge is -2.26. The van der Waals surface area contributed by atoms with E-state index in [4.69, 9.17) is 5.11 Å². The van der Waals surface area contributed by atoms with Crippen molar-refractivity contribution >= 4 is 6.03 Å². The first-order valence-electron chi connectivity index (χ1n) is 4.52. The van der Waals surface area contributed by atoms with Crippen LogP contribution in [0, 0.1) is 0 Å². The van der Waals surface area contributed by atoms with Gasteiger partial charge in [-0.2, -0.15) is 0 Å². The molecule has 1 amide bonds. The Kier molecular flexibility index (Phi) is 3.24. The van der Waals surface area contributed by atoms with Crippen molar-refractivity contribution in [1.82, 2.24) is 14.9 Å². The number of nitrogens with zero attached hydrogens (tertiary/aromatic N) is 2. The fourth-order valence-corrected chi connectivity index (χ4v) is 0.942. The number of amides is 1. The summed E-state index contributed by atoms with van der Waals surface area (Å²) in [5, 5.41) is 11.8. The van der Waals surface area contributed by atoms with Crippen LogP contribution >= 0.6 is 0 Å². The van der Waals surface area contributed by atoms with Crippen LogP contribution in [0.3, 0.4) is 0 Å². The molecule has 0 fully saturated rings. The quantitative estimate of drug-likeness (QED) is 0.745. The van der Waals surface area contributed by atoms with Gasteiger partial charge in [0.15, 0.2) is 0 Å². The molecule has 0 aliphatic carbocycles. The molecule has 0 saturated carbocycles. The van der Waals surface area contributed by atoms with Crippen molar-refractivity contribution in [2.24, 2.45) is 0 Å². The van der Waals surface area contributed by atoms with Crippen LogP contribution in [0.15, 0.2) is 18.7 Å². The normalized spacial score (nSPS) is 14.8. The third-order valence-electron chi connectivity index (χ3n) is 2.28. The van der Waals surface area contributed by atoms with Gasteiger partial charge in [-0.25, -0.2) is 9.78 Å². The Morgan fingerprint density at radius 3 is 2.86 bits per heavy atom. The van der Waals surface area contributed by atoms with Gasteiger partial charge in [0.25, 0.3) is 0 Å². The van der Waals surface area contributed by atoms with Gasteiger partial charge in [0.2, 0.25) is 0 Å². The lowest BCUT2D eigenvalue weighted by molar-refractivity contribution is 0.168. The molecule has 1 unspecified atom stereocenters. The zero-order chi connectivity index (χ0) is 10.6. The summed E-state index contributed by atoms with van der Waals surface area (Å²) in [6.45, 7) is 3.62. The molecule has 1 rings (SSSR count). The van der Waals surface area contributed by atoms with Crippen LogP contribution in [0.2, 0.25) is 0 Å². The van der Waals surface area contributed by atoms with Gasteiger partial charge < -0.3 is 10.4 Å². The smallest absolute Gasteiger partial charge is 0.327 e. The van der Waals surface area contributed by atoms with Gasteiger partial charge in [0, 0.05) is 12.4 Å². The number of imidazole rings is 1. The summed E-state index contributed by atoms with van der Waals surface area (Å²) >= 11 is 0. The van der Waals surface area contributed by atoms with E-state index in [0.717, 1.165) is 0 Å². The van der Waals surface area contributed by atoms with Crippen molar-refractivity contribution in [3.8, 4) is 0 Å². The third-order valence-corrected chi connectivity index (χ3v) is 2.28. The molecule has 78 valence electrons. The Bertz CT molecular complexity index is 291. The predicted molar refractivity (Wildman–Crippen MR) is 51.9 cm³/mol. The van der Waals surface area contributed by atoms with E-state index in [1.54, 1.807) is 13.1 Å². The van der Waals surface area contributed by atoms with Crippen molar-refractivity contribution in [3.05, 3.63) is 18.7 Å². The molecule has 1 heterocycles. The summed E-state index contributed by atoms with van der Waals surface area (Å²) in [6, 6.07) is -0.277. The minimum absolute atomic E-state index is 0.0794. The van der Waals surface area contributed by atoms with Gasteiger partial charge >= 0.3 is 6.03 Å². The monoisotopic (exact) mass is 197 g/mol. The van der Waals surface area contributed by atoms with Crippen molar-refractivity contribution in [1.29, 1.82) is 0 Å². The Labute approximate surface area is 82.8 Å². The van der Waals surface area contributed by atoms with Gasteiger partial charge in [0.05, 0.1) is 12.1 Å². The maximum Gasteiger partial charge on any atom is 0.327 e. The highest BCUT2D eigenvalue weighted by molar-refractivity contribution is 5.77. The maximum absolute atomic E-state index is 11.5. The number of aliphatic hydroxyl groups excluding tert-OH is 1. The summed E-state index contributed by atoms with van der Waals surface area (Å²) in [5.74, 6) is 0. The van der Waals surface area contributed by atoms with Gasteiger partial charge in [-0.15, -0.1) is 0 Å². The number of hydrogen-bond acceptors (Lipinski definition) is 3. The van der Waals surface area contributed by atoms with E-state index in [9.17, 15) is 4.79 Å². The number of nitrogens with one attached hydrogen (secondary N) is 1. The second-order valence-corrected chi connectivity index (χ2v) is 3.47. The van der Waals surface area contributed by atoms with Gasteiger partial charge in [-0.05, 0) is 13.3 Å². The molecular weight excluding hydrogens is 182 g/mol. The zero-order valence-electron chi connectivity index (χ0n) is 8.40. The van der Waals surface area contributed by atoms with Gasteiger partial charge in [0.1, 0.15) is 6.33 Å². The molecule has 0 saturated heterocycles. The molecular formula is C9H15N3O2. The van der Waals surface area contributed by atoms with Crippen LogP contribution < -0.4 is 5.32 Å². The van der Waals surface area contributed by atoms with Crippen LogP contribution in [0.1, 0.15) is 20.3 Å². The molecule has 5 heteroatoms. The zero-order valence-corrected chi connectivity index (χ0v) is 8.40. The first-order valence-corrected chi connectivity index (χ1v) is 4.52. The highest BCUT2D eigenvalue weighted by Gasteiger charge is 2.23. The molecule has 0 radical (unpaired) electrons. The number of aromatic nitrogens is 2. The van der Waals surface area contributed by atoms with Crippen LogP contribution in [-0.2, 0) is 0 Å². The van der Waals surface area contributed by atoms with E-state index >= 15 is 0 Å². The van der Waals surface area contributed by atoms with Crippen molar-refractivity contribution < 1.29 is 9.90 Å². The first-order chi connectivity index (χ1) is 6.61. The van der Waals surface area contributed by atoms with E-state index in [-0.39, 0.29) is 12.6 Å². The average molecular weight is 197 g/mol. The molecule has 5 nitrogen and oxygen atoms in total. The molecule has 0 aromatic carbocycles. The minimum Gasteiger partial charge on any atom is -0.394 e. The minimum atomic E-state index is -0.568. The molecule has 0 aliphatic rings. The lowest BCUT2D eigenvalue weighted by atomic mass is 10.0. The topological polar surface area (TPSA) is 67.2 Å². The van der Waals surface area contributed by atoms with Crippen molar-refractivity contribution in [3.63, 3.8) is 0 Å². The second-order valence-electron chi connectivity index (χ2n) is 3.47. The summed E-state index contributed by atoms with van der Waals surface area (Å²) in [6.07, 6.45) is 5.18. The first kappa shape index (κ1) is 10.7. The average Bonchev–Trinajstić information content (AvgIpc) is 2.70. The Hall–Kier alpha value is -1.36. The number of hydrogen-bond donors (Lipinski definition) is 2. The number of carbonyl (C=O) groups excluding carboxylic acids is 1. The molecule has 0 bridgehead atoms. The fraction of sp³-hybridized carbons (Fsp3) is 0.556. The summed E-state index contributed by atoms with van der Waals surface area (Å²) in [7, 11) is 0. The maximum atomic E-state index is 11.5. The highest BCUT2D eigenvalue weighted by Crippen LogP contribution is 2.07. The predicted octanol–water partition coefficient (Wildman–Crippen LogP) is 0.602. The SMILES string of the molecule is CCC(C)(CO)NC(=O)n1ccnc1.